The first-order valence-electron chi connectivity index (χ1n) is 8.18. The van der Waals surface area contributed by atoms with Gasteiger partial charge in [-0.1, -0.05) is 58.8 Å². The highest BCUT2D eigenvalue weighted by Crippen LogP contribution is 2.06. The van der Waals surface area contributed by atoms with E-state index in [4.69, 9.17) is 20.4 Å². The van der Waals surface area contributed by atoms with Gasteiger partial charge in [0, 0.05) is 6.42 Å². The zero-order valence-corrected chi connectivity index (χ0v) is 13.6. The topological polar surface area (TPSA) is 98.0 Å². The third-order valence-corrected chi connectivity index (χ3v) is 3.23. The van der Waals surface area contributed by atoms with E-state index in [1.807, 2.05) is 0 Å². The third kappa shape index (κ3) is 19.4. The molecule has 5 nitrogen and oxygen atoms in total. The number of carboxylic acids is 1. The van der Waals surface area contributed by atoms with Crippen LogP contribution in [0.25, 0.3) is 0 Å². The van der Waals surface area contributed by atoms with Crippen molar-refractivity contribution in [1.82, 2.24) is 0 Å². The second-order valence-electron chi connectivity index (χ2n) is 5.37. The van der Waals surface area contributed by atoms with Crippen molar-refractivity contribution in [2.45, 2.75) is 90.3 Å². The van der Waals surface area contributed by atoms with Gasteiger partial charge in [0.25, 0.3) is 0 Å². The van der Waals surface area contributed by atoms with Crippen LogP contribution < -0.4 is 0 Å². The summed E-state index contributed by atoms with van der Waals surface area (Å²) in [4.78, 5) is 10.0. The number of hydrogen-bond acceptors (Lipinski definition) is 4. The van der Waals surface area contributed by atoms with Gasteiger partial charge in [-0.15, -0.1) is 0 Å². The van der Waals surface area contributed by atoms with E-state index in [2.05, 4.69) is 13.8 Å². The molecule has 0 aliphatic rings. The Hall–Kier alpha value is -0.650. The average Bonchev–Trinajstić information content (AvgIpc) is 2.46. The minimum Gasteiger partial charge on any atom is -0.481 e. The summed E-state index contributed by atoms with van der Waals surface area (Å²) in [5.74, 6) is -0.670. The Morgan fingerprint density at radius 3 is 1.86 bits per heavy atom. The van der Waals surface area contributed by atoms with E-state index in [-0.39, 0.29) is 6.61 Å². The fourth-order valence-electron chi connectivity index (χ4n) is 1.80. The van der Waals surface area contributed by atoms with Crippen molar-refractivity contribution in [2.24, 2.45) is 0 Å². The maximum atomic E-state index is 10.0. The van der Waals surface area contributed by atoms with E-state index in [1.165, 1.54) is 19.3 Å². The molecule has 2 unspecified atom stereocenters. The van der Waals surface area contributed by atoms with Crippen LogP contribution in [0.1, 0.15) is 78.1 Å². The van der Waals surface area contributed by atoms with Crippen molar-refractivity contribution in [1.29, 1.82) is 0 Å². The summed E-state index contributed by atoms with van der Waals surface area (Å²) in [7, 11) is 0. The average molecular weight is 306 g/mol. The standard InChI is InChI=1S/C8H18O3.C8H16O2/c1-2-3-4-5-7(10)8(11)6-9;1-2-3-4-5-6-7-8(9)10/h7-11H,2-6H2,1H3;2-7H2,1H3,(H,9,10). The maximum absolute atomic E-state index is 10.0. The SMILES string of the molecule is CCCCCC(O)C(O)CO.CCCCCCCC(=O)O. The smallest absolute Gasteiger partial charge is 0.303 e. The van der Waals surface area contributed by atoms with Crippen molar-refractivity contribution in [3.63, 3.8) is 0 Å². The maximum Gasteiger partial charge on any atom is 0.303 e. The highest BCUT2D eigenvalue weighted by molar-refractivity contribution is 5.66. The number of unbranched alkanes of at least 4 members (excludes halogenated alkanes) is 6. The summed E-state index contributed by atoms with van der Waals surface area (Å²) in [6.07, 6.45) is 7.82. The van der Waals surface area contributed by atoms with Gasteiger partial charge in [-0.2, -0.15) is 0 Å². The molecule has 0 heterocycles. The lowest BCUT2D eigenvalue weighted by Crippen LogP contribution is -2.28. The van der Waals surface area contributed by atoms with Crippen LogP contribution in [0.5, 0.6) is 0 Å². The Morgan fingerprint density at radius 1 is 0.857 bits per heavy atom. The molecule has 0 amide bonds. The lowest BCUT2D eigenvalue weighted by atomic mass is 10.1. The quantitative estimate of drug-likeness (QED) is 0.416. The van der Waals surface area contributed by atoms with Crippen LogP contribution >= 0.6 is 0 Å². The summed E-state index contributed by atoms with van der Waals surface area (Å²) in [5, 5.41) is 34.8. The van der Waals surface area contributed by atoms with Crippen LogP contribution in [-0.2, 0) is 4.79 Å². The predicted octanol–water partition coefficient (Wildman–Crippen LogP) is 2.71. The zero-order valence-electron chi connectivity index (χ0n) is 13.6. The first kappa shape index (κ1) is 22.6. The molecule has 0 aromatic heterocycles. The van der Waals surface area contributed by atoms with Crippen LogP contribution in [0.3, 0.4) is 0 Å². The molecule has 0 spiro atoms. The molecular weight excluding hydrogens is 272 g/mol. The summed E-state index contributed by atoms with van der Waals surface area (Å²) < 4.78 is 0. The zero-order chi connectivity index (χ0) is 16.5. The Balaban J connectivity index is 0. The molecule has 128 valence electrons. The van der Waals surface area contributed by atoms with E-state index in [9.17, 15) is 4.79 Å². The molecule has 0 bridgehead atoms. The minimum atomic E-state index is -0.966. The van der Waals surface area contributed by atoms with Crippen LogP contribution in [-0.4, -0.2) is 45.2 Å². The first-order chi connectivity index (χ1) is 9.99. The van der Waals surface area contributed by atoms with Gasteiger partial charge < -0.3 is 20.4 Å². The Morgan fingerprint density at radius 2 is 1.38 bits per heavy atom. The molecule has 5 heteroatoms. The molecule has 0 aliphatic carbocycles. The van der Waals surface area contributed by atoms with Crippen molar-refractivity contribution in [3.8, 4) is 0 Å². The Bertz CT molecular complexity index is 221. The van der Waals surface area contributed by atoms with Crippen molar-refractivity contribution < 1.29 is 25.2 Å². The molecule has 0 saturated carbocycles. The normalized spacial score (nSPS) is 13.2. The summed E-state index contributed by atoms with van der Waals surface area (Å²) in [6.45, 7) is 3.87. The van der Waals surface area contributed by atoms with Gasteiger partial charge in [0.15, 0.2) is 0 Å². The number of aliphatic carboxylic acids is 1. The fourth-order valence-corrected chi connectivity index (χ4v) is 1.80. The molecule has 0 rings (SSSR count). The van der Waals surface area contributed by atoms with Gasteiger partial charge >= 0.3 is 5.97 Å². The Kier molecular flexibility index (Phi) is 18.8. The molecule has 21 heavy (non-hydrogen) atoms. The lowest BCUT2D eigenvalue weighted by molar-refractivity contribution is -0.137. The van der Waals surface area contributed by atoms with E-state index >= 15 is 0 Å². The molecule has 0 aliphatic heterocycles. The monoisotopic (exact) mass is 306 g/mol. The van der Waals surface area contributed by atoms with Gasteiger partial charge in [-0.05, 0) is 12.8 Å². The van der Waals surface area contributed by atoms with Crippen LogP contribution in [0.4, 0.5) is 0 Å². The molecule has 0 aromatic rings. The van der Waals surface area contributed by atoms with E-state index < -0.39 is 18.2 Å². The summed E-state index contributed by atoms with van der Waals surface area (Å²) >= 11 is 0. The van der Waals surface area contributed by atoms with E-state index in [1.54, 1.807) is 0 Å². The number of rotatable bonds is 12. The summed E-state index contributed by atoms with van der Waals surface area (Å²) in [6, 6.07) is 0. The van der Waals surface area contributed by atoms with E-state index in [0.717, 1.165) is 32.1 Å². The highest BCUT2D eigenvalue weighted by Gasteiger charge is 2.13. The van der Waals surface area contributed by atoms with Crippen molar-refractivity contribution in [3.05, 3.63) is 0 Å². The number of hydrogen-bond donors (Lipinski definition) is 4. The molecular formula is C16H34O5. The van der Waals surface area contributed by atoms with Crippen LogP contribution in [0.2, 0.25) is 0 Å². The molecule has 0 radical (unpaired) electrons. The largest absolute Gasteiger partial charge is 0.481 e. The molecule has 0 aromatic carbocycles. The lowest BCUT2D eigenvalue weighted by Gasteiger charge is -2.14. The van der Waals surface area contributed by atoms with Gasteiger partial charge in [0.1, 0.15) is 6.10 Å². The highest BCUT2D eigenvalue weighted by atomic mass is 16.4. The van der Waals surface area contributed by atoms with Crippen molar-refractivity contribution >= 4 is 5.97 Å². The number of aliphatic hydroxyl groups excluding tert-OH is 3. The fraction of sp³-hybridized carbons (Fsp3) is 0.938. The number of carboxylic acid groups (broad SMARTS) is 1. The number of aliphatic hydroxyl groups is 3. The molecule has 0 fully saturated rings. The molecule has 0 saturated heterocycles. The first-order valence-corrected chi connectivity index (χ1v) is 8.18. The van der Waals surface area contributed by atoms with Gasteiger partial charge in [-0.3, -0.25) is 4.79 Å². The predicted molar refractivity (Wildman–Crippen MR) is 84.3 cm³/mol. The summed E-state index contributed by atoms with van der Waals surface area (Å²) in [5.41, 5.74) is 0. The Labute approximate surface area is 129 Å². The van der Waals surface area contributed by atoms with Gasteiger partial charge in [-0.25, -0.2) is 0 Å². The number of carbonyl (C=O) groups is 1. The molecule has 4 N–H and O–H groups in total. The van der Waals surface area contributed by atoms with Crippen LogP contribution in [0, 0.1) is 0 Å². The van der Waals surface area contributed by atoms with Crippen LogP contribution in [0.15, 0.2) is 0 Å². The van der Waals surface area contributed by atoms with Crippen molar-refractivity contribution in [2.75, 3.05) is 6.61 Å². The van der Waals surface area contributed by atoms with E-state index in [0.29, 0.717) is 12.8 Å². The molecule has 2 atom stereocenters. The second kappa shape index (κ2) is 17.4. The third-order valence-electron chi connectivity index (χ3n) is 3.23. The van der Waals surface area contributed by atoms with Gasteiger partial charge in [0.2, 0.25) is 0 Å². The van der Waals surface area contributed by atoms with Gasteiger partial charge in [0.05, 0.1) is 12.7 Å². The minimum absolute atomic E-state index is 0.337. The second-order valence-corrected chi connectivity index (χ2v) is 5.37.